The minimum atomic E-state index is -0.313. The number of rotatable bonds is 6. The number of likely N-dealkylation sites (tertiary alicyclic amines) is 2. The molecule has 6 heteroatoms. The number of piperidine rings is 1. The van der Waals surface area contributed by atoms with Gasteiger partial charge in [0.25, 0.3) is 5.91 Å². The molecule has 0 bridgehead atoms. The SMILES string of the molecule is CO[C@H]1CN(C(C)C)[C@H]1C1CCN(C(=O)COc2ccc(F)cc2)CC1. The van der Waals surface area contributed by atoms with Gasteiger partial charge in [0.2, 0.25) is 0 Å². The van der Waals surface area contributed by atoms with Gasteiger partial charge in [0.05, 0.1) is 6.10 Å². The molecule has 0 unspecified atom stereocenters. The largest absolute Gasteiger partial charge is 0.484 e. The van der Waals surface area contributed by atoms with Crippen molar-refractivity contribution < 1.29 is 18.7 Å². The molecule has 2 fully saturated rings. The summed E-state index contributed by atoms with van der Waals surface area (Å²) in [7, 11) is 1.79. The number of hydrogen-bond acceptors (Lipinski definition) is 4. The lowest BCUT2D eigenvalue weighted by Crippen LogP contribution is -2.66. The van der Waals surface area contributed by atoms with E-state index in [-0.39, 0.29) is 18.3 Å². The van der Waals surface area contributed by atoms with Crippen LogP contribution in [0.2, 0.25) is 0 Å². The molecular formula is C20H29FN2O3. The molecule has 1 amide bonds. The lowest BCUT2D eigenvalue weighted by Gasteiger charge is -2.54. The van der Waals surface area contributed by atoms with Gasteiger partial charge in [0.1, 0.15) is 11.6 Å². The van der Waals surface area contributed by atoms with Gasteiger partial charge in [-0.3, -0.25) is 9.69 Å². The van der Waals surface area contributed by atoms with Crippen molar-refractivity contribution in [2.24, 2.45) is 5.92 Å². The van der Waals surface area contributed by atoms with E-state index in [0.29, 0.717) is 29.9 Å². The zero-order valence-electron chi connectivity index (χ0n) is 15.9. The standard InChI is InChI=1S/C20H29FN2O3/c1-14(2)23-12-18(25-3)20(23)15-8-10-22(11-9-15)19(24)13-26-17-6-4-16(21)5-7-17/h4-7,14-15,18,20H,8-13H2,1-3H3/t18-,20-/m0/s1. The van der Waals surface area contributed by atoms with Crippen LogP contribution < -0.4 is 4.74 Å². The van der Waals surface area contributed by atoms with E-state index < -0.39 is 0 Å². The number of carbonyl (C=O) groups is 1. The predicted octanol–water partition coefficient (Wildman–Crippen LogP) is 2.55. The van der Waals surface area contributed by atoms with Crippen molar-refractivity contribution in [3.63, 3.8) is 0 Å². The van der Waals surface area contributed by atoms with E-state index in [9.17, 15) is 9.18 Å². The third kappa shape index (κ3) is 4.18. The lowest BCUT2D eigenvalue weighted by atomic mass is 9.79. The first-order chi connectivity index (χ1) is 12.5. The number of nitrogens with zero attached hydrogens (tertiary/aromatic N) is 2. The minimum Gasteiger partial charge on any atom is -0.484 e. The van der Waals surface area contributed by atoms with Crippen molar-refractivity contribution in [2.45, 2.75) is 44.9 Å². The van der Waals surface area contributed by atoms with Crippen LogP contribution in [0.25, 0.3) is 0 Å². The van der Waals surface area contributed by atoms with Crippen LogP contribution in [0, 0.1) is 11.7 Å². The maximum absolute atomic E-state index is 12.9. The summed E-state index contributed by atoms with van der Waals surface area (Å²) >= 11 is 0. The molecule has 0 N–H and O–H groups in total. The third-order valence-electron chi connectivity index (χ3n) is 5.67. The summed E-state index contributed by atoms with van der Waals surface area (Å²) in [6.45, 7) is 6.97. The van der Waals surface area contributed by atoms with Crippen molar-refractivity contribution in [1.29, 1.82) is 0 Å². The van der Waals surface area contributed by atoms with Crippen molar-refractivity contribution in [1.82, 2.24) is 9.80 Å². The molecule has 3 rings (SSSR count). The van der Waals surface area contributed by atoms with Crippen LogP contribution in [0.4, 0.5) is 4.39 Å². The van der Waals surface area contributed by atoms with Crippen molar-refractivity contribution >= 4 is 5.91 Å². The number of halogens is 1. The summed E-state index contributed by atoms with van der Waals surface area (Å²) in [6, 6.07) is 6.73. The smallest absolute Gasteiger partial charge is 0.260 e. The topological polar surface area (TPSA) is 42.0 Å². The van der Waals surface area contributed by atoms with E-state index in [1.54, 1.807) is 7.11 Å². The number of ether oxygens (including phenoxy) is 2. The molecule has 2 heterocycles. The van der Waals surface area contributed by atoms with Gasteiger partial charge in [-0.25, -0.2) is 4.39 Å². The molecule has 0 spiro atoms. The molecule has 2 aliphatic rings. The highest BCUT2D eigenvalue weighted by molar-refractivity contribution is 5.77. The van der Waals surface area contributed by atoms with Crippen LogP contribution in [-0.2, 0) is 9.53 Å². The van der Waals surface area contributed by atoms with Gasteiger partial charge < -0.3 is 14.4 Å². The highest BCUT2D eigenvalue weighted by atomic mass is 19.1. The maximum atomic E-state index is 12.9. The summed E-state index contributed by atoms with van der Waals surface area (Å²) in [4.78, 5) is 16.8. The Hall–Kier alpha value is -1.66. The zero-order valence-corrected chi connectivity index (χ0v) is 15.9. The van der Waals surface area contributed by atoms with Gasteiger partial charge in [-0.2, -0.15) is 0 Å². The average molecular weight is 364 g/mol. The molecule has 5 nitrogen and oxygen atoms in total. The number of methoxy groups -OCH3 is 1. The van der Waals surface area contributed by atoms with Crippen LogP contribution in [0.15, 0.2) is 24.3 Å². The van der Waals surface area contributed by atoms with Crippen molar-refractivity contribution in [2.75, 3.05) is 33.4 Å². The first-order valence-electron chi connectivity index (χ1n) is 9.44. The fraction of sp³-hybridized carbons (Fsp3) is 0.650. The molecule has 0 aliphatic carbocycles. The highest BCUT2D eigenvalue weighted by Crippen LogP contribution is 2.35. The molecular weight excluding hydrogens is 335 g/mol. The first kappa shape index (κ1) is 19.1. The van der Waals surface area contributed by atoms with Gasteiger partial charge in [0.15, 0.2) is 6.61 Å². The van der Waals surface area contributed by atoms with Crippen molar-refractivity contribution in [3.8, 4) is 5.75 Å². The molecule has 2 saturated heterocycles. The zero-order chi connectivity index (χ0) is 18.7. The molecule has 1 aromatic carbocycles. The second-order valence-corrected chi connectivity index (χ2v) is 7.52. The summed E-state index contributed by atoms with van der Waals surface area (Å²) in [5, 5.41) is 0. The Balaban J connectivity index is 1.47. The van der Waals surface area contributed by atoms with Gasteiger partial charge in [-0.15, -0.1) is 0 Å². The summed E-state index contributed by atoms with van der Waals surface area (Å²) in [5.74, 6) is 0.759. The van der Waals surface area contributed by atoms with E-state index in [4.69, 9.17) is 9.47 Å². The average Bonchev–Trinajstić information content (AvgIpc) is 2.61. The molecule has 2 atom stereocenters. The van der Waals surface area contributed by atoms with Gasteiger partial charge in [-0.05, 0) is 56.9 Å². The summed E-state index contributed by atoms with van der Waals surface area (Å²) in [6.07, 6.45) is 2.30. The van der Waals surface area contributed by atoms with E-state index >= 15 is 0 Å². The van der Waals surface area contributed by atoms with Crippen molar-refractivity contribution in [3.05, 3.63) is 30.1 Å². The highest BCUT2D eigenvalue weighted by Gasteiger charge is 2.45. The number of carbonyl (C=O) groups excluding carboxylic acids is 1. The van der Waals surface area contributed by atoms with Crippen LogP contribution >= 0.6 is 0 Å². The summed E-state index contributed by atoms with van der Waals surface area (Å²) < 4.78 is 24.0. The molecule has 1 aromatic rings. The summed E-state index contributed by atoms with van der Waals surface area (Å²) in [5.41, 5.74) is 0. The van der Waals surface area contributed by atoms with E-state index in [2.05, 4.69) is 18.7 Å². The van der Waals surface area contributed by atoms with E-state index in [1.807, 2.05) is 4.90 Å². The lowest BCUT2D eigenvalue weighted by molar-refractivity contribution is -0.142. The van der Waals surface area contributed by atoms with Gasteiger partial charge in [-0.1, -0.05) is 0 Å². The number of hydrogen-bond donors (Lipinski definition) is 0. The van der Waals surface area contributed by atoms with E-state index in [1.165, 1.54) is 24.3 Å². The number of amides is 1. The third-order valence-corrected chi connectivity index (χ3v) is 5.67. The Labute approximate surface area is 155 Å². The second kappa shape index (κ2) is 8.35. The Bertz CT molecular complexity index is 600. The fourth-order valence-electron chi connectivity index (χ4n) is 4.11. The maximum Gasteiger partial charge on any atom is 0.260 e. The Morgan fingerprint density at radius 2 is 1.88 bits per heavy atom. The predicted molar refractivity (Wildman–Crippen MR) is 97.6 cm³/mol. The Morgan fingerprint density at radius 3 is 2.46 bits per heavy atom. The minimum absolute atomic E-state index is 0.00145. The number of benzene rings is 1. The monoisotopic (exact) mass is 364 g/mol. The van der Waals surface area contributed by atoms with E-state index in [0.717, 1.165) is 32.5 Å². The fourth-order valence-corrected chi connectivity index (χ4v) is 4.11. The van der Waals surface area contributed by atoms with Gasteiger partial charge in [0, 0.05) is 38.8 Å². The molecule has 144 valence electrons. The van der Waals surface area contributed by atoms with Crippen LogP contribution in [0.3, 0.4) is 0 Å². The second-order valence-electron chi connectivity index (χ2n) is 7.52. The molecule has 26 heavy (non-hydrogen) atoms. The molecule has 0 saturated carbocycles. The Kier molecular flexibility index (Phi) is 6.14. The van der Waals surface area contributed by atoms with Crippen LogP contribution in [0.1, 0.15) is 26.7 Å². The Morgan fingerprint density at radius 1 is 1.23 bits per heavy atom. The molecule has 0 radical (unpaired) electrons. The quantitative estimate of drug-likeness (QED) is 0.778. The molecule has 0 aromatic heterocycles. The normalized spacial score (nSPS) is 24.6. The van der Waals surface area contributed by atoms with Gasteiger partial charge >= 0.3 is 0 Å². The first-order valence-corrected chi connectivity index (χ1v) is 9.44. The molecule has 2 aliphatic heterocycles. The van der Waals surface area contributed by atoms with Crippen LogP contribution in [0.5, 0.6) is 5.75 Å². The van der Waals surface area contributed by atoms with Crippen LogP contribution in [-0.4, -0.2) is 67.2 Å².